The molecule has 2 atom stereocenters. The number of fused-ring (bicyclic) bond motifs is 2. The van der Waals surface area contributed by atoms with Gasteiger partial charge in [0.2, 0.25) is 0 Å². The van der Waals surface area contributed by atoms with Gasteiger partial charge < -0.3 is 4.74 Å². The molecule has 1 aromatic carbocycles. The summed E-state index contributed by atoms with van der Waals surface area (Å²) in [6.07, 6.45) is 6.77. The molecule has 2 aromatic rings. The number of hydrogen-bond donors (Lipinski definition) is 0. The fourth-order valence-electron chi connectivity index (χ4n) is 3.69. The Hall–Kier alpha value is -2.14. The van der Waals surface area contributed by atoms with Crippen LogP contribution in [-0.4, -0.2) is 28.1 Å². The van der Waals surface area contributed by atoms with E-state index in [-0.39, 0.29) is 18.2 Å². The Morgan fingerprint density at radius 1 is 1.20 bits per heavy atom. The van der Waals surface area contributed by atoms with Crippen LogP contribution in [0.15, 0.2) is 59.3 Å². The molecule has 0 saturated carbocycles. The Balaban J connectivity index is 1.46. The van der Waals surface area contributed by atoms with Gasteiger partial charge >= 0.3 is 6.09 Å². The van der Waals surface area contributed by atoms with Crippen LogP contribution < -0.4 is 0 Å². The third-order valence-corrected chi connectivity index (χ3v) is 5.38. The maximum Gasteiger partial charge on any atom is 0.410 e. The highest BCUT2D eigenvalue weighted by Crippen LogP contribution is 2.38. The number of hydrogen-bond acceptors (Lipinski definition) is 3. The first-order valence-electron chi connectivity index (χ1n) is 8.52. The van der Waals surface area contributed by atoms with Crippen molar-refractivity contribution in [2.75, 3.05) is 0 Å². The lowest BCUT2D eigenvalue weighted by molar-refractivity contribution is 0.0832. The number of carbonyl (C=O) groups excluding carboxylic acids is 1. The Morgan fingerprint density at radius 2 is 2.04 bits per heavy atom. The van der Waals surface area contributed by atoms with E-state index in [0.717, 1.165) is 35.0 Å². The molecular weight excluding hydrogens is 380 g/mol. The van der Waals surface area contributed by atoms with Gasteiger partial charge in [0.25, 0.3) is 0 Å². The Morgan fingerprint density at radius 3 is 2.76 bits per heavy atom. The minimum atomic E-state index is -0.208. The summed E-state index contributed by atoms with van der Waals surface area (Å²) >= 11 is 3.37. The number of pyridine rings is 1. The fraction of sp³-hybridized carbons (Fsp3) is 0.300. The van der Waals surface area contributed by atoms with Crippen LogP contribution in [-0.2, 0) is 11.3 Å². The Bertz CT molecular complexity index is 789. The SMILES string of the molecule is O=C(OCc1ccccc1)N1C2C=C(c3ccc(Br)nc3)CC1CC2. The molecule has 0 spiro atoms. The van der Waals surface area contributed by atoms with Crippen molar-refractivity contribution in [2.24, 2.45) is 0 Å². The summed E-state index contributed by atoms with van der Waals surface area (Å²) in [5.41, 5.74) is 3.43. The molecule has 5 heteroatoms. The Kier molecular flexibility index (Phi) is 4.57. The second kappa shape index (κ2) is 7.00. The molecule has 0 N–H and O–H groups in total. The lowest BCUT2D eigenvalue weighted by atomic mass is 9.96. The molecule has 128 valence electrons. The van der Waals surface area contributed by atoms with Crippen LogP contribution in [0.4, 0.5) is 4.79 Å². The van der Waals surface area contributed by atoms with Gasteiger partial charge in [0.1, 0.15) is 11.2 Å². The lowest BCUT2D eigenvalue weighted by Gasteiger charge is -2.33. The highest BCUT2D eigenvalue weighted by Gasteiger charge is 2.40. The van der Waals surface area contributed by atoms with Crippen LogP contribution in [0.25, 0.3) is 5.57 Å². The third-order valence-electron chi connectivity index (χ3n) is 4.91. The Labute approximate surface area is 155 Å². The quantitative estimate of drug-likeness (QED) is 0.697. The lowest BCUT2D eigenvalue weighted by Crippen LogP contribution is -2.43. The molecule has 0 radical (unpaired) electrons. The van der Waals surface area contributed by atoms with Crippen molar-refractivity contribution >= 4 is 27.6 Å². The predicted octanol–water partition coefficient (Wildman–Crippen LogP) is 4.80. The summed E-state index contributed by atoms with van der Waals surface area (Å²) < 4.78 is 6.38. The summed E-state index contributed by atoms with van der Waals surface area (Å²) in [5.74, 6) is 0. The predicted molar refractivity (Wildman–Crippen MR) is 99.8 cm³/mol. The van der Waals surface area contributed by atoms with Crippen molar-refractivity contribution in [1.82, 2.24) is 9.88 Å². The van der Waals surface area contributed by atoms with E-state index in [1.807, 2.05) is 47.5 Å². The normalized spacial score (nSPS) is 21.8. The van der Waals surface area contributed by atoms with E-state index >= 15 is 0 Å². The number of halogens is 1. The van der Waals surface area contributed by atoms with Gasteiger partial charge in [-0.1, -0.05) is 42.5 Å². The number of aromatic nitrogens is 1. The van der Waals surface area contributed by atoms with E-state index in [1.54, 1.807) is 0 Å². The van der Waals surface area contributed by atoms with Gasteiger partial charge in [0.15, 0.2) is 0 Å². The maximum atomic E-state index is 12.6. The van der Waals surface area contributed by atoms with E-state index < -0.39 is 0 Å². The van der Waals surface area contributed by atoms with E-state index in [4.69, 9.17) is 4.74 Å². The zero-order valence-corrected chi connectivity index (χ0v) is 15.4. The van der Waals surface area contributed by atoms with Gasteiger partial charge in [-0.05, 0) is 58.0 Å². The van der Waals surface area contributed by atoms with Crippen molar-refractivity contribution in [3.8, 4) is 0 Å². The first kappa shape index (κ1) is 16.3. The second-order valence-corrected chi connectivity index (χ2v) is 7.32. The van der Waals surface area contributed by atoms with Gasteiger partial charge in [0.05, 0.1) is 6.04 Å². The van der Waals surface area contributed by atoms with Crippen molar-refractivity contribution in [3.63, 3.8) is 0 Å². The highest BCUT2D eigenvalue weighted by atomic mass is 79.9. The van der Waals surface area contributed by atoms with Crippen LogP contribution in [0.5, 0.6) is 0 Å². The minimum absolute atomic E-state index is 0.126. The van der Waals surface area contributed by atoms with E-state index in [9.17, 15) is 4.79 Å². The number of amides is 1. The molecule has 1 aromatic heterocycles. The van der Waals surface area contributed by atoms with Crippen LogP contribution in [0.2, 0.25) is 0 Å². The summed E-state index contributed by atoms with van der Waals surface area (Å²) in [6.45, 7) is 0.322. The largest absolute Gasteiger partial charge is 0.445 e. The van der Waals surface area contributed by atoms with E-state index in [1.165, 1.54) is 5.57 Å². The van der Waals surface area contributed by atoms with Gasteiger partial charge in [-0.25, -0.2) is 9.78 Å². The second-order valence-electron chi connectivity index (χ2n) is 6.51. The molecule has 2 aliphatic heterocycles. The fourth-order valence-corrected chi connectivity index (χ4v) is 3.92. The highest BCUT2D eigenvalue weighted by molar-refractivity contribution is 9.10. The molecule has 2 unspecified atom stereocenters. The summed E-state index contributed by atoms with van der Waals surface area (Å²) in [5, 5.41) is 0. The first-order valence-corrected chi connectivity index (χ1v) is 9.31. The molecule has 25 heavy (non-hydrogen) atoms. The molecule has 4 rings (SSSR count). The molecule has 1 amide bonds. The van der Waals surface area contributed by atoms with Gasteiger partial charge in [-0.15, -0.1) is 0 Å². The average Bonchev–Trinajstić information content (AvgIpc) is 2.91. The van der Waals surface area contributed by atoms with Crippen LogP contribution in [0.1, 0.15) is 30.4 Å². The molecule has 0 aliphatic carbocycles. The number of nitrogens with zero attached hydrogens (tertiary/aromatic N) is 2. The molecule has 2 bridgehead atoms. The van der Waals surface area contributed by atoms with Crippen molar-refractivity contribution in [3.05, 3.63) is 70.5 Å². The number of carbonyl (C=O) groups is 1. The smallest absolute Gasteiger partial charge is 0.410 e. The summed E-state index contributed by atoms with van der Waals surface area (Å²) in [4.78, 5) is 18.8. The van der Waals surface area contributed by atoms with Crippen LogP contribution in [0, 0.1) is 0 Å². The van der Waals surface area contributed by atoms with Crippen LogP contribution in [0.3, 0.4) is 0 Å². The summed E-state index contributed by atoms with van der Waals surface area (Å²) in [7, 11) is 0. The zero-order valence-electron chi connectivity index (χ0n) is 13.8. The molecule has 1 fully saturated rings. The van der Waals surface area contributed by atoms with Crippen molar-refractivity contribution in [2.45, 2.75) is 38.0 Å². The molecular formula is C20H19BrN2O2. The summed E-state index contributed by atoms with van der Waals surface area (Å²) in [6, 6.07) is 14.2. The average molecular weight is 399 g/mol. The van der Waals surface area contributed by atoms with Crippen molar-refractivity contribution in [1.29, 1.82) is 0 Å². The topological polar surface area (TPSA) is 42.4 Å². The van der Waals surface area contributed by atoms with Crippen LogP contribution >= 0.6 is 15.9 Å². The molecule has 4 nitrogen and oxygen atoms in total. The van der Waals surface area contributed by atoms with E-state index in [0.29, 0.717) is 6.61 Å². The zero-order chi connectivity index (χ0) is 17.2. The molecule has 1 saturated heterocycles. The van der Waals surface area contributed by atoms with E-state index in [2.05, 4.69) is 33.1 Å². The van der Waals surface area contributed by atoms with Gasteiger partial charge in [-0.2, -0.15) is 0 Å². The third kappa shape index (κ3) is 3.47. The van der Waals surface area contributed by atoms with Gasteiger partial charge in [0, 0.05) is 12.2 Å². The monoisotopic (exact) mass is 398 g/mol. The minimum Gasteiger partial charge on any atom is -0.445 e. The maximum absolute atomic E-state index is 12.6. The van der Waals surface area contributed by atoms with Crippen molar-refractivity contribution < 1.29 is 9.53 Å². The molecule has 3 heterocycles. The van der Waals surface area contributed by atoms with Gasteiger partial charge in [-0.3, -0.25) is 4.90 Å². The number of rotatable bonds is 3. The standard InChI is InChI=1S/C20H19BrN2O2/c21-19-9-6-15(12-22-19)16-10-17-7-8-18(11-16)23(17)20(24)25-13-14-4-2-1-3-5-14/h1-6,9-10,12,17-18H,7-8,11,13H2. The number of ether oxygens (including phenoxy) is 1. The first-order chi connectivity index (χ1) is 12.2. The number of benzene rings is 1. The molecule has 2 aliphatic rings.